The van der Waals surface area contributed by atoms with E-state index in [0.29, 0.717) is 12.1 Å². The molecule has 1 aliphatic heterocycles. The van der Waals surface area contributed by atoms with Crippen LogP contribution in [0.25, 0.3) is 0 Å². The summed E-state index contributed by atoms with van der Waals surface area (Å²) in [6.07, 6.45) is 0. The van der Waals surface area contributed by atoms with E-state index < -0.39 is 0 Å². The van der Waals surface area contributed by atoms with E-state index in [4.69, 9.17) is 4.99 Å². The van der Waals surface area contributed by atoms with Gasteiger partial charge in [0.15, 0.2) is 5.96 Å². The van der Waals surface area contributed by atoms with Gasteiger partial charge in [-0.2, -0.15) is 0 Å². The van der Waals surface area contributed by atoms with Crippen LogP contribution in [0.4, 0.5) is 10.1 Å². The standard InChI is InChI=1S/C21H27FN4O/c1-2-23-21(24-15-17-8-9-20(22)18(14-17)16-27)26-12-10-25(11-13-26)19-6-4-3-5-7-19/h3-9,14,27H,2,10-13,15-16H2,1H3,(H,23,24). The molecule has 0 bridgehead atoms. The van der Waals surface area contributed by atoms with Crippen LogP contribution in [0, 0.1) is 5.82 Å². The number of nitrogens with zero attached hydrogens (tertiary/aromatic N) is 3. The van der Waals surface area contributed by atoms with E-state index in [-0.39, 0.29) is 12.4 Å². The van der Waals surface area contributed by atoms with Gasteiger partial charge in [-0.15, -0.1) is 0 Å². The molecule has 0 saturated carbocycles. The van der Waals surface area contributed by atoms with Crippen LogP contribution in [0.1, 0.15) is 18.1 Å². The molecule has 0 radical (unpaired) electrons. The average Bonchev–Trinajstić information content (AvgIpc) is 2.73. The largest absolute Gasteiger partial charge is 0.392 e. The van der Waals surface area contributed by atoms with Crippen molar-refractivity contribution in [2.75, 3.05) is 37.6 Å². The molecule has 1 fully saturated rings. The molecular weight excluding hydrogens is 343 g/mol. The molecule has 0 unspecified atom stereocenters. The Morgan fingerprint density at radius 3 is 2.52 bits per heavy atom. The van der Waals surface area contributed by atoms with Gasteiger partial charge in [-0.1, -0.05) is 24.3 Å². The lowest BCUT2D eigenvalue weighted by molar-refractivity contribution is 0.275. The predicted molar refractivity (Wildman–Crippen MR) is 107 cm³/mol. The molecule has 5 nitrogen and oxygen atoms in total. The first-order valence-electron chi connectivity index (χ1n) is 9.42. The van der Waals surface area contributed by atoms with Crippen molar-refractivity contribution < 1.29 is 9.50 Å². The fourth-order valence-electron chi connectivity index (χ4n) is 3.25. The quantitative estimate of drug-likeness (QED) is 0.628. The molecule has 1 saturated heterocycles. The van der Waals surface area contributed by atoms with Gasteiger partial charge in [-0.05, 0) is 36.8 Å². The molecule has 2 aromatic carbocycles. The van der Waals surface area contributed by atoms with E-state index in [1.54, 1.807) is 12.1 Å². The first kappa shape index (κ1) is 19.2. The fraction of sp³-hybridized carbons (Fsp3) is 0.381. The molecule has 27 heavy (non-hydrogen) atoms. The first-order valence-corrected chi connectivity index (χ1v) is 9.42. The predicted octanol–water partition coefficient (Wildman–Crippen LogP) is 2.61. The molecule has 1 heterocycles. The maximum Gasteiger partial charge on any atom is 0.194 e. The average molecular weight is 370 g/mol. The lowest BCUT2D eigenvalue weighted by Gasteiger charge is -2.37. The summed E-state index contributed by atoms with van der Waals surface area (Å²) < 4.78 is 13.5. The van der Waals surface area contributed by atoms with Gasteiger partial charge in [0.1, 0.15) is 5.82 Å². The van der Waals surface area contributed by atoms with Crippen LogP contribution in [0.2, 0.25) is 0 Å². The highest BCUT2D eigenvalue weighted by molar-refractivity contribution is 5.80. The lowest BCUT2D eigenvalue weighted by atomic mass is 10.1. The molecule has 0 atom stereocenters. The zero-order chi connectivity index (χ0) is 19.1. The maximum atomic E-state index is 13.5. The van der Waals surface area contributed by atoms with Gasteiger partial charge in [-0.3, -0.25) is 0 Å². The van der Waals surface area contributed by atoms with Crippen molar-refractivity contribution in [1.29, 1.82) is 0 Å². The zero-order valence-electron chi connectivity index (χ0n) is 15.7. The Kier molecular flexibility index (Phi) is 6.65. The number of guanidine groups is 1. The van der Waals surface area contributed by atoms with Crippen LogP contribution in [0.15, 0.2) is 53.5 Å². The van der Waals surface area contributed by atoms with Gasteiger partial charge >= 0.3 is 0 Å². The number of hydrogen-bond donors (Lipinski definition) is 2. The number of para-hydroxylation sites is 1. The van der Waals surface area contributed by atoms with Crippen molar-refractivity contribution in [1.82, 2.24) is 10.2 Å². The van der Waals surface area contributed by atoms with Gasteiger partial charge in [0, 0.05) is 44.0 Å². The molecule has 0 amide bonds. The first-order chi connectivity index (χ1) is 13.2. The second-order valence-electron chi connectivity index (χ2n) is 6.56. The molecule has 2 aromatic rings. The van der Waals surface area contributed by atoms with Crippen LogP contribution in [0.5, 0.6) is 0 Å². The van der Waals surface area contributed by atoms with Crippen LogP contribution in [-0.4, -0.2) is 48.7 Å². The van der Waals surface area contributed by atoms with Gasteiger partial charge in [0.2, 0.25) is 0 Å². The third-order valence-corrected chi connectivity index (χ3v) is 4.73. The number of aliphatic hydroxyl groups is 1. The van der Waals surface area contributed by atoms with Crippen molar-refractivity contribution in [2.45, 2.75) is 20.1 Å². The fourth-order valence-corrected chi connectivity index (χ4v) is 3.25. The number of nitrogens with one attached hydrogen (secondary N) is 1. The van der Waals surface area contributed by atoms with E-state index in [0.717, 1.165) is 44.2 Å². The van der Waals surface area contributed by atoms with Crippen molar-refractivity contribution in [3.8, 4) is 0 Å². The van der Waals surface area contributed by atoms with Gasteiger partial charge in [0.25, 0.3) is 0 Å². The van der Waals surface area contributed by atoms with Gasteiger partial charge in [0.05, 0.1) is 13.2 Å². The Morgan fingerprint density at radius 1 is 1.11 bits per heavy atom. The van der Waals surface area contributed by atoms with E-state index in [9.17, 15) is 9.50 Å². The molecule has 2 N–H and O–H groups in total. The highest BCUT2D eigenvalue weighted by Gasteiger charge is 2.19. The minimum atomic E-state index is -0.380. The highest BCUT2D eigenvalue weighted by atomic mass is 19.1. The third-order valence-electron chi connectivity index (χ3n) is 4.73. The topological polar surface area (TPSA) is 51.1 Å². The van der Waals surface area contributed by atoms with Crippen molar-refractivity contribution in [3.05, 3.63) is 65.5 Å². The monoisotopic (exact) mass is 370 g/mol. The van der Waals surface area contributed by atoms with Crippen LogP contribution >= 0.6 is 0 Å². The van der Waals surface area contributed by atoms with Crippen molar-refractivity contribution >= 4 is 11.6 Å². The van der Waals surface area contributed by atoms with Crippen molar-refractivity contribution in [3.63, 3.8) is 0 Å². The number of piperazine rings is 1. The summed E-state index contributed by atoms with van der Waals surface area (Å²) in [6, 6.07) is 15.2. The Labute approximate surface area is 160 Å². The number of rotatable bonds is 5. The van der Waals surface area contributed by atoms with Crippen LogP contribution < -0.4 is 10.2 Å². The second kappa shape index (κ2) is 9.37. The summed E-state index contributed by atoms with van der Waals surface area (Å²) in [7, 11) is 0. The van der Waals surface area contributed by atoms with Gasteiger partial charge in [-0.25, -0.2) is 9.38 Å². The third kappa shape index (κ3) is 4.98. The summed E-state index contributed by atoms with van der Waals surface area (Å²) in [5.41, 5.74) is 2.45. The molecule has 0 aliphatic carbocycles. The molecule has 0 aromatic heterocycles. The van der Waals surface area contributed by atoms with E-state index in [1.807, 2.05) is 6.07 Å². The van der Waals surface area contributed by atoms with Crippen LogP contribution in [-0.2, 0) is 13.2 Å². The smallest absolute Gasteiger partial charge is 0.194 e. The van der Waals surface area contributed by atoms with Crippen molar-refractivity contribution in [2.24, 2.45) is 4.99 Å². The summed E-state index contributed by atoms with van der Waals surface area (Å²) in [4.78, 5) is 9.36. The summed E-state index contributed by atoms with van der Waals surface area (Å²) >= 11 is 0. The van der Waals surface area contributed by atoms with Gasteiger partial charge < -0.3 is 20.2 Å². The summed E-state index contributed by atoms with van der Waals surface area (Å²) in [5.74, 6) is 0.495. The SMILES string of the molecule is CCNC(=NCc1ccc(F)c(CO)c1)N1CCN(c2ccccc2)CC1. The maximum absolute atomic E-state index is 13.5. The number of anilines is 1. The second-order valence-corrected chi connectivity index (χ2v) is 6.56. The summed E-state index contributed by atoms with van der Waals surface area (Å²) in [6.45, 7) is 6.68. The Balaban J connectivity index is 1.64. The minimum absolute atomic E-state index is 0.301. The van der Waals surface area contributed by atoms with E-state index in [1.165, 1.54) is 11.8 Å². The highest BCUT2D eigenvalue weighted by Crippen LogP contribution is 2.16. The number of benzene rings is 2. The molecule has 0 spiro atoms. The number of hydrogen-bond acceptors (Lipinski definition) is 3. The minimum Gasteiger partial charge on any atom is -0.392 e. The molecular formula is C21H27FN4O. The number of aliphatic imine (C=N–C) groups is 1. The molecule has 3 rings (SSSR count). The Bertz CT molecular complexity index is 758. The zero-order valence-corrected chi connectivity index (χ0v) is 15.7. The van der Waals surface area contributed by atoms with E-state index >= 15 is 0 Å². The molecule has 1 aliphatic rings. The molecule has 144 valence electrons. The summed E-state index contributed by atoms with van der Waals surface area (Å²) in [5, 5.41) is 12.6. The number of aliphatic hydroxyl groups excluding tert-OH is 1. The Morgan fingerprint density at radius 2 is 1.85 bits per heavy atom. The normalized spacial score (nSPS) is 15.1. The molecule has 6 heteroatoms. The Hall–Kier alpha value is -2.60. The lowest BCUT2D eigenvalue weighted by Crippen LogP contribution is -2.52. The number of halogens is 1. The van der Waals surface area contributed by atoms with E-state index in [2.05, 4.69) is 46.3 Å². The van der Waals surface area contributed by atoms with Crippen LogP contribution in [0.3, 0.4) is 0 Å².